The Morgan fingerprint density at radius 2 is 1.92 bits per heavy atom. The first kappa shape index (κ1) is 17.3. The summed E-state index contributed by atoms with van der Waals surface area (Å²) in [4.78, 5) is 28.7. The van der Waals surface area contributed by atoms with E-state index in [4.69, 9.17) is 4.74 Å². The summed E-state index contributed by atoms with van der Waals surface area (Å²) >= 11 is 0. The van der Waals surface area contributed by atoms with Crippen LogP contribution in [0.2, 0.25) is 0 Å². The molecule has 1 N–H and O–H groups in total. The molecule has 1 atom stereocenters. The van der Waals surface area contributed by atoms with Crippen molar-refractivity contribution in [1.29, 1.82) is 0 Å². The highest BCUT2D eigenvalue weighted by Crippen LogP contribution is 2.18. The summed E-state index contributed by atoms with van der Waals surface area (Å²) in [7, 11) is 1.55. The Hall–Kier alpha value is -3.48. The summed E-state index contributed by atoms with van der Waals surface area (Å²) in [6, 6.07) is 12.8. The molecule has 1 unspecified atom stereocenters. The number of hydrogen-bond acceptors (Lipinski definition) is 5. The number of aromatic nitrogens is 3. The minimum Gasteiger partial charge on any atom is -0.497 e. The highest BCUT2D eigenvalue weighted by atomic mass is 16.5. The van der Waals surface area contributed by atoms with Crippen molar-refractivity contribution < 1.29 is 9.53 Å². The standard InChI is InChI=1S/C19H18N4O3/c1-13(19(25)21-15-4-3-5-16(12-15)26-2)23-18(24)7-6-17(22-23)14-8-10-20-11-9-14/h3-13H,1-2H3,(H,21,25). The van der Waals surface area contributed by atoms with Gasteiger partial charge in [-0.2, -0.15) is 5.10 Å². The van der Waals surface area contributed by atoms with Gasteiger partial charge in [-0.15, -0.1) is 0 Å². The molecule has 0 fully saturated rings. The van der Waals surface area contributed by atoms with E-state index in [2.05, 4.69) is 15.4 Å². The van der Waals surface area contributed by atoms with Gasteiger partial charge in [0.2, 0.25) is 5.91 Å². The molecular weight excluding hydrogens is 332 g/mol. The molecule has 0 aliphatic rings. The van der Waals surface area contributed by atoms with Crippen LogP contribution in [0.1, 0.15) is 13.0 Å². The Balaban J connectivity index is 1.85. The number of amides is 1. The van der Waals surface area contributed by atoms with Gasteiger partial charge in [0.15, 0.2) is 0 Å². The molecule has 1 amide bonds. The van der Waals surface area contributed by atoms with Crippen molar-refractivity contribution in [3.05, 3.63) is 71.3 Å². The monoisotopic (exact) mass is 350 g/mol. The van der Waals surface area contributed by atoms with Gasteiger partial charge >= 0.3 is 0 Å². The minimum atomic E-state index is -0.782. The lowest BCUT2D eigenvalue weighted by molar-refractivity contribution is -0.119. The van der Waals surface area contributed by atoms with Crippen LogP contribution in [-0.4, -0.2) is 27.8 Å². The molecule has 2 heterocycles. The molecule has 0 aliphatic heterocycles. The SMILES string of the molecule is COc1cccc(NC(=O)C(C)n2nc(-c3ccncc3)ccc2=O)c1. The summed E-state index contributed by atoms with van der Waals surface area (Å²) in [6.07, 6.45) is 3.29. The molecule has 0 spiro atoms. The van der Waals surface area contributed by atoms with E-state index in [-0.39, 0.29) is 11.5 Å². The highest BCUT2D eigenvalue weighted by molar-refractivity contribution is 5.93. The van der Waals surface area contributed by atoms with Crippen molar-refractivity contribution >= 4 is 11.6 Å². The van der Waals surface area contributed by atoms with E-state index in [0.29, 0.717) is 17.1 Å². The lowest BCUT2D eigenvalue weighted by Crippen LogP contribution is -2.33. The Kier molecular flexibility index (Phi) is 5.07. The maximum Gasteiger partial charge on any atom is 0.267 e. The Morgan fingerprint density at radius 1 is 1.15 bits per heavy atom. The maximum atomic E-state index is 12.6. The second kappa shape index (κ2) is 7.60. The first-order valence-corrected chi connectivity index (χ1v) is 8.03. The van der Waals surface area contributed by atoms with E-state index >= 15 is 0 Å². The summed E-state index contributed by atoms with van der Waals surface area (Å²) in [5.74, 6) is 0.283. The number of nitrogens with zero attached hydrogens (tertiary/aromatic N) is 3. The molecule has 2 aromatic heterocycles. The Morgan fingerprint density at radius 3 is 2.65 bits per heavy atom. The highest BCUT2D eigenvalue weighted by Gasteiger charge is 2.18. The van der Waals surface area contributed by atoms with E-state index in [1.165, 1.54) is 10.7 Å². The van der Waals surface area contributed by atoms with Crippen LogP contribution >= 0.6 is 0 Å². The number of rotatable bonds is 5. The normalized spacial score (nSPS) is 11.6. The number of ether oxygens (including phenoxy) is 1. The van der Waals surface area contributed by atoms with Crippen LogP contribution in [0.25, 0.3) is 11.3 Å². The second-order valence-corrected chi connectivity index (χ2v) is 5.63. The molecule has 7 heteroatoms. The average Bonchev–Trinajstić information content (AvgIpc) is 2.68. The maximum absolute atomic E-state index is 12.6. The van der Waals surface area contributed by atoms with Gasteiger partial charge in [0, 0.05) is 35.8 Å². The summed E-state index contributed by atoms with van der Waals surface area (Å²) in [5, 5.41) is 7.10. The van der Waals surface area contributed by atoms with Crippen LogP contribution in [0.3, 0.4) is 0 Å². The number of anilines is 1. The third-order valence-electron chi connectivity index (χ3n) is 3.88. The first-order chi connectivity index (χ1) is 12.6. The molecule has 3 rings (SSSR count). The number of nitrogens with one attached hydrogen (secondary N) is 1. The van der Waals surface area contributed by atoms with Crippen molar-refractivity contribution in [3.8, 4) is 17.0 Å². The van der Waals surface area contributed by atoms with Gasteiger partial charge in [-0.25, -0.2) is 4.68 Å². The fourth-order valence-corrected chi connectivity index (χ4v) is 2.44. The zero-order valence-electron chi connectivity index (χ0n) is 14.4. The molecule has 0 saturated carbocycles. The van der Waals surface area contributed by atoms with Gasteiger partial charge in [0.1, 0.15) is 11.8 Å². The fourth-order valence-electron chi connectivity index (χ4n) is 2.44. The predicted molar refractivity (Wildman–Crippen MR) is 98.1 cm³/mol. The van der Waals surface area contributed by atoms with Gasteiger partial charge in [-0.3, -0.25) is 14.6 Å². The molecule has 26 heavy (non-hydrogen) atoms. The predicted octanol–water partition coefficient (Wildman–Crippen LogP) is 2.51. The van der Waals surface area contributed by atoms with Crippen LogP contribution in [0.15, 0.2) is 65.7 Å². The van der Waals surface area contributed by atoms with E-state index < -0.39 is 6.04 Å². The van der Waals surface area contributed by atoms with Gasteiger partial charge < -0.3 is 10.1 Å². The number of methoxy groups -OCH3 is 1. The van der Waals surface area contributed by atoms with Crippen molar-refractivity contribution in [2.45, 2.75) is 13.0 Å². The number of benzene rings is 1. The van der Waals surface area contributed by atoms with Crippen LogP contribution in [-0.2, 0) is 4.79 Å². The van der Waals surface area contributed by atoms with E-state index in [0.717, 1.165) is 5.56 Å². The average molecular weight is 350 g/mol. The van der Waals surface area contributed by atoms with E-state index in [1.807, 2.05) is 0 Å². The van der Waals surface area contributed by atoms with Gasteiger partial charge in [0.05, 0.1) is 12.8 Å². The molecule has 0 bridgehead atoms. The van der Waals surface area contributed by atoms with E-state index in [1.54, 1.807) is 68.9 Å². The Bertz CT molecular complexity index is 970. The molecular formula is C19H18N4O3. The molecule has 0 aliphatic carbocycles. The lowest BCUT2D eigenvalue weighted by atomic mass is 10.2. The summed E-state index contributed by atoms with van der Waals surface area (Å²) in [6.45, 7) is 1.63. The lowest BCUT2D eigenvalue weighted by Gasteiger charge is -2.15. The van der Waals surface area contributed by atoms with E-state index in [9.17, 15) is 9.59 Å². The first-order valence-electron chi connectivity index (χ1n) is 8.03. The third kappa shape index (κ3) is 3.77. The van der Waals surface area contributed by atoms with Crippen molar-refractivity contribution in [3.63, 3.8) is 0 Å². The van der Waals surface area contributed by atoms with Gasteiger partial charge in [-0.05, 0) is 37.3 Å². The largest absolute Gasteiger partial charge is 0.497 e. The minimum absolute atomic E-state index is 0.347. The quantitative estimate of drug-likeness (QED) is 0.764. The molecule has 1 aromatic carbocycles. The number of pyridine rings is 1. The van der Waals surface area contributed by atoms with Crippen molar-refractivity contribution in [2.24, 2.45) is 0 Å². The number of hydrogen-bond donors (Lipinski definition) is 1. The second-order valence-electron chi connectivity index (χ2n) is 5.63. The molecule has 0 radical (unpaired) electrons. The summed E-state index contributed by atoms with van der Waals surface area (Å²) < 4.78 is 6.31. The molecule has 3 aromatic rings. The summed E-state index contributed by atoms with van der Waals surface area (Å²) in [5.41, 5.74) is 1.64. The number of carbonyl (C=O) groups is 1. The van der Waals surface area contributed by atoms with Crippen molar-refractivity contribution in [2.75, 3.05) is 12.4 Å². The van der Waals surface area contributed by atoms with Crippen LogP contribution in [0, 0.1) is 0 Å². The van der Waals surface area contributed by atoms with Crippen LogP contribution in [0.4, 0.5) is 5.69 Å². The molecule has 7 nitrogen and oxygen atoms in total. The smallest absolute Gasteiger partial charge is 0.267 e. The zero-order valence-corrected chi connectivity index (χ0v) is 14.4. The zero-order chi connectivity index (χ0) is 18.5. The topological polar surface area (TPSA) is 86.1 Å². The van der Waals surface area contributed by atoms with Gasteiger partial charge in [-0.1, -0.05) is 6.07 Å². The molecule has 132 valence electrons. The Labute approximate surface area is 150 Å². The van der Waals surface area contributed by atoms with Crippen LogP contribution < -0.4 is 15.6 Å². The van der Waals surface area contributed by atoms with Crippen LogP contribution in [0.5, 0.6) is 5.75 Å². The molecule has 0 saturated heterocycles. The number of carbonyl (C=O) groups excluding carboxylic acids is 1. The van der Waals surface area contributed by atoms with Gasteiger partial charge in [0.25, 0.3) is 5.56 Å². The van der Waals surface area contributed by atoms with Crippen molar-refractivity contribution in [1.82, 2.24) is 14.8 Å². The third-order valence-corrected chi connectivity index (χ3v) is 3.88. The fraction of sp³-hybridized carbons (Fsp3) is 0.158.